The third-order valence-electron chi connectivity index (χ3n) is 7.62. The van der Waals surface area contributed by atoms with Crippen molar-refractivity contribution in [2.75, 3.05) is 0 Å². The van der Waals surface area contributed by atoms with Crippen molar-refractivity contribution in [3.63, 3.8) is 0 Å². The number of fused-ring (bicyclic) bond motifs is 5. The monoisotopic (exact) mass is 381 g/mol. The molecular weight excluding hydrogens is 353 g/mol. The summed E-state index contributed by atoms with van der Waals surface area (Å²) < 4.78 is 15.0. The van der Waals surface area contributed by atoms with E-state index in [1.54, 1.807) is 16.8 Å². The van der Waals surface area contributed by atoms with Crippen LogP contribution in [-0.4, -0.2) is 21.7 Å². The van der Waals surface area contributed by atoms with Crippen molar-refractivity contribution in [3.05, 3.63) is 47.0 Å². The predicted octanol–water partition coefficient (Wildman–Crippen LogP) is 4.11. The lowest BCUT2D eigenvalue weighted by Crippen LogP contribution is -2.43. The summed E-state index contributed by atoms with van der Waals surface area (Å²) in [7, 11) is 0. The molecule has 1 heterocycles. The highest BCUT2D eigenvalue weighted by molar-refractivity contribution is 5.79. The average molecular weight is 381 g/mol. The third kappa shape index (κ3) is 2.87. The van der Waals surface area contributed by atoms with Crippen LogP contribution in [0, 0.1) is 43.3 Å². The zero-order valence-electron chi connectivity index (χ0n) is 16.6. The summed E-state index contributed by atoms with van der Waals surface area (Å²) >= 11 is 0. The molecule has 4 nitrogen and oxygen atoms in total. The average Bonchev–Trinajstić information content (AvgIpc) is 3.41. The first-order valence-corrected chi connectivity index (χ1v) is 10.6. The second-order valence-electron chi connectivity index (χ2n) is 9.04. The SMILES string of the molecule is Cc1nn(-c2ccc(F)cc2)c(C)c1CC(=O)N[C@@H]1C[C@H]2C[C@@H]1[C@@H]1CCC[C@@H]21. The van der Waals surface area contributed by atoms with Crippen LogP contribution in [0.1, 0.15) is 49.1 Å². The molecule has 1 aromatic carbocycles. The molecule has 5 heteroatoms. The van der Waals surface area contributed by atoms with Crippen molar-refractivity contribution >= 4 is 5.91 Å². The minimum atomic E-state index is -0.264. The molecule has 5 rings (SSSR count). The molecule has 1 N–H and O–H groups in total. The molecule has 2 aromatic rings. The summed E-state index contributed by atoms with van der Waals surface area (Å²) in [6.45, 7) is 3.92. The van der Waals surface area contributed by atoms with E-state index in [0.29, 0.717) is 18.4 Å². The fourth-order valence-corrected chi connectivity index (χ4v) is 6.42. The van der Waals surface area contributed by atoms with E-state index in [9.17, 15) is 9.18 Å². The molecule has 2 bridgehead atoms. The van der Waals surface area contributed by atoms with Crippen molar-refractivity contribution in [2.45, 2.75) is 58.4 Å². The molecule has 3 fully saturated rings. The number of aromatic nitrogens is 2. The molecule has 1 amide bonds. The van der Waals surface area contributed by atoms with Gasteiger partial charge in [0.1, 0.15) is 5.82 Å². The van der Waals surface area contributed by atoms with Gasteiger partial charge in [-0.15, -0.1) is 0 Å². The second kappa shape index (κ2) is 6.71. The van der Waals surface area contributed by atoms with Crippen molar-refractivity contribution in [1.82, 2.24) is 15.1 Å². The van der Waals surface area contributed by atoms with Gasteiger partial charge in [0, 0.05) is 17.3 Å². The van der Waals surface area contributed by atoms with Crippen LogP contribution in [0.25, 0.3) is 5.69 Å². The number of aryl methyl sites for hydroxylation is 1. The third-order valence-corrected chi connectivity index (χ3v) is 7.62. The number of carbonyl (C=O) groups is 1. The molecule has 28 heavy (non-hydrogen) atoms. The molecule has 3 aliphatic carbocycles. The first-order valence-electron chi connectivity index (χ1n) is 10.6. The molecule has 0 spiro atoms. The van der Waals surface area contributed by atoms with Crippen LogP contribution in [0.5, 0.6) is 0 Å². The van der Waals surface area contributed by atoms with E-state index in [2.05, 4.69) is 10.4 Å². The van der Waals surface area contributed by atoms with Gasteiger partial charge in [-0.3, -0.25) is 4.79 Å². The molecule has 1 aromatic heterocycles. The van der Waals surface area contributed by atoms with E-state index in [1.807, 2.05) is 13.8 Å². The van der Waals surface area contributed by atoms with Crippen LogP contribution in [0.15, 0.2) is 24.3 Å². The van der Waals surface area contributed by atoms with Gasteiger partial charge in [-0.1, -0.05) is 6.42 Å². The normalized spacial score (nSPS) is 30.6. The Morgan fingerprint density at radius 3 is 2.68 bits per heavy atom. The highest BCUT2D eigenvalue weighted by Crippen LogP contribution is 2.58. The van der Waals surface area contributed by atoms with Gasteiger partial charge in [0.25, 0.3) is 0 Å². The first kappa shape index (κ1) is 17.9. The van der Waals surface area contributed by atoms with Crippen molar-refractivity contribution in [1.29, 1.82) is 0 Å². The van der Waals surface area contributed by atoms with Crippen molar-refractivity contribution in [3.8, 4) is 5.69 Å². The van der Waals surface area contributed by atoms with Crippen molar-refractivity contribution < 1.29 is 9.18 Å². The van der Waals surface area contributed by atoms with Gasteiger partial charge in [-0.25, -0.2) is 9.07 Å². The second-order valence-corrected chi connectivity index (χ2v) is 9.04. The Hall–Kier alpha value is -2.17. The Kier molecular flexibility index (Phi) is 4.29. The first-order chi connectivity index (χ1) is 13.5. The van der Waals surface area contributed by atoms with E-state index in [1.165, 1.54) is 44.2 Å². The molecule has 0 unspecified atom stereocenters. The standard InChI is InChI=1S/C23H28FN3O/c1-13-20(14(2)27(26-13)17-8-6-16(24)7-9-17)12-23(28)25-22-11-15-10-21(22)19-5-3-4-18(15)19/h6-9,15,18-19,21-22H,3-5,10-12H2,1-2H3,(H,25,28)/t15-,18+,19-,21-,22-/m1/s1. The number of nitrogens with zero attached hydrogens (tertiary/aromatic N) is 2. The predicted molar refractivity (Wildman–Crippen MR) is 106 cm³/mol. The fraction of sp³-hybridized carbons (Fsp3) is 0.565. The molecule has 3 saturated carbocycles. The largest absolute Gasteiger partial charge is 0.353 e. The number of halogens is 1. The lowest BCUT2D eigenvalue weighted by atomic mass is 9.79. The number of amides is 1. The van der Waals surface area contributed by atoms with E-state index < -0.39 is 0 Å². The van der Waals surface area contributed by atoms with Crippen LogP contribution in [-0.2, 0) is 11.2 Å². The van der Waals surface area contributed by atoms with Gasteiger partial charge in [-0.05, 0) is 87.5 Å². The van der Waals surface area contributed by atoms with Crippen LogP contribution < -0.4 is 5.32 Å². The lowest BCUT2D eigenvalue weighted by molar-refractivity contribution is -0.121. The molecular formula is C23H28FN3O. The fourth-order valence-electron chi connectivity index (χ4n) is 6.42. The summed E-state index contributed by atoms with van der Waals surface area (Å²) in [6.07, 6.45) is 7.00. The Bertz CT molecular complexity index is 903. The molecule has 5 atom stereocenters. The van der Waals surface area contributed by atoms with E-state index in [0.717, 1.165) is 40.4 Å². The van der Waals surface area contributed by atoms with Gasteiger partial charge in [0.05, 0.1) is 17.8 Å². The quantitative estimate of drug-likeness (QED) is 0.866. The Morgan fingerprint density at radius 1 is 1.14 bits per heavy atom. The molecule has 0 aliphatic heterocycles. The Morgan fingerprint density at radius 2 is 1.89 bits per heavy atom. The van der Waals surface area contributed by atoms with E-state index in [4.69, 9.17) is 0 Å². The number of hydrogen-bond acceptors (Lipinski definition) is 2. The zero-order chi connectivity index (χ0) is 19.4. The van der Waals surface area contributed by atoms with Gasteiger partial charge in [-0.2, -0.15) is 5.10 Å². The summed E-state index contributed by atoms with van der Waals surface area (Å²) in [5, 5.41) is 7.95. The number of rotatable bonds is 4. The molecule has 3 aliphatic rings. The number of nitrogens with one attached hydrogen (secondary N) is 1. The maximum atomic E-state index is 13.2. The Balaban J connectivity index is 1.29. The molecule has 148 valence electrons. The van der Waals surface area contributed by atoms with Gasteiger partial charge in [0.15, 0.2) is 0 Å². The number of benzene rings is 1. The Labute approximate surface area is 165 Å². The molecule has 0 saturated heterocycles. The summed E-state index contributed by atoms with van der Waals surface area (Å²) in [5.41, 5.74) is 3.60. The molecule has 0 radical (unpaired) electrons. The minimum absolute atomic E-state index is 0.108. The smallest absolute Gasteiger partial charge is 0.224 e. The number of carbonyl (C=O) groups excluding carboxylic acids is 1. The van der Waals surface area contributed by atoms with Crippen LogP contribution in [0.2, 0.25) is 0 Å². The summed E-state index contributed by atoms with van der Waals surface area (Å²) in [4.78, 5) is 12.8. The van der Waals surface area contributed by atoms with Gasteiger partial charge >= 0.3 is 0 Å². The lowest BCUT2D eigenvalue weighted by Gasteiger charge is -2.32. The van der Waals surface area contributed by atoms with Crippen LogP contribution in [0.4, 0.5) is 4.39 Å². The topological polar surface area (TPSA) is 46.9 Å². The maximum absolute atomic E-state index is 13.2. The van der Waals surface area contributed by atoms with Crippen molar-refractivity contribution in [2.24, 2.45) is 23.7 Å². The zero-order valence-corrected chi connectivity index (χ0v) is 16.6. The van der Waals surface area contributed by atoms with E-state index in [-0.39, 0.29) is 11.7 Å². The van der Waals surface area contributed by atoms with Crippen LogP contribution in [0.3, 0.4) is 0 Å². The maximum Gasteiger partial charge on any atom is 0.224 e. The minimum Gasteiger partial charge on any atom is -0.353 e. The van der Waals surface area contributed by atoms with Gasteiger partial charge < -0.3 is 5.32 Å². The summed E-state index contributed by atoms with van der Waals surface area (Å²) in [6, 6.07) is 6.66. The highest BCUT2D eigenvalue weighted by atomic mass is 19.1. The van der Waals surface area contributed by atoms with Gasteiger partial charge in [0.2, 0.25) is 5.91 Å². The van der Waals surface area contributed by atoms with Crippen LogP contribution >= 0.6 is 0 Å². The number of hydrogen-bond donors (Lipinski definition) is 1. The van der Waals surface area contributed by atoms with E-state index >= 15 is 0 Å². The highest BCUT2D eigenvalue weighted by Gasteiger charge is 2.53. The summed E-state index contributed by atoms with van der Waals surface area (Å²) in [5.74, 6) is 3.18.